The maximum atomic E-state index is 13.0. The number of guanidine groups is 1. The molecule has 1 fully saturated rings. The standard InChI is InChI=1S/C21H40N8O6/c1-12(30)16(19(33)28-15(20(34)35)6-2-3-9-22)29-18(32)14(8-5-11-26-21(23)24)27-17(31)13-7-4-10-25-13/h12-16,25,30H,2-11,22H2,1H3,(H,27,31)(H,28,33)(H,29,32)(H,34,35)(H4,23,24,26). The number of nitrogens with two attached hydrogens (primary N) is 3. The van der Waals surface area contributed by atoms with Crippen molar-refractivity contribution in [2.45, 2.75) is 82.1 Å². The van der Waals surface area contributed by atoms with Crippen LogP contribution in [0, 0.1) is 0 Å². The molecule has 1 saturated heterocycles. The van der Waals surface area contributed by atoms with E-state index in [9.17, 15) is 29.4 Å². The summed E-state index contributed by atoms with van der Waals surface area (Å²) in [6.45, 7) is 2.61. The molecule has 1 aliphatic heterocycles. The molecule has 1 rings (SSSR count). The van der Waals surface area contributed by atoms with E-state index in [1.54, 1.807) is 0 Å². The van der Waals surface area contributed by atoms with Crippen molar-refractivity contribution in [1.29, 1.82) is 0 Å². The fourth-order valence-corrected chi connectivity index (χ4v) is 3.62. The van der Waals surface area contributed by atoms with E-state index >= 15 is 0 Å². The van der Waals surface area contributed by atoms with Crippen molar-refractivity contribution < 1.29 is 29.4 Å². The number of hydrogen-bond acceptors (Lipinski definition) is 8. The largest absolute Gasteiger partial charge is 0.480 e. The van der Waals surface area contributed by atoms with Crippen LogP contribution in [0.1, 0.15) is 51.9 Å². The SMILES string of the molecule is CC(O)C(NC(=O)C(CCCN=C(N)N)NC(=O)C1CCCN1)C(=O)NC(CCCCN)C(=O)O. The Kier molecular flexibility index (Phi) is 13.6. The molecule has 12 N–H and O–H groups in total. The number of nitrogens with one attached hydrogen (secondary N) is 4. The van der Waals surface area contributed by atoms with Crippen LogP contribution in [0.15, 0.2) is 4.99 Å². The molecule has 1 aliphatic rings. The Morgan fingerprint density at radius 2 is 1.71 bits per heavy atom. The van der Waals surface area contributed by atoms with Crippen LogP contribution in [0.25, 0.3) is 0 Å². The second kappa shape index (κ2) is 15.8. The summed E-state index contributed by atoms with van der Waals surface area (Å²) in [6.07, 6.45) is 1.90. The van der Waals surface area contributed by atoms with Crippen molar-refractivity contribution in [3.05, 3.63) is 0 Å². The van der Waals surface area contributed by atoms with Gasteiger partial charge in [0.25, 0.3) is 0 Å². The summed E-state index contributed by atoms with van der Waals surface area (Å²) in [6, 6.07) is -4.08. The Morgan fingerprint density at radius 3 is 2.26 bits per heavy atom. The lowest BCUT2D eigenvalue weighted by molar-refractivity contribution is -0.143. The van der Waals surface area contributed by atoms with E-state index in [1.807, 2.05) is 0 Å². The number of unbranched alkanes of at least 4 members (excludes halogenated alkanes) is 1. The molecule has 0 spiro atoms. The molecule has 0 saturated carbocycles. The highest BCUT2D eigenvalue weighted by Gasteiger charge is 2.33. The van der Waals surface area contributed by atoms with Crippen molar-refractivity contribution in [1.82, 2.24) is 21.3 Å². The van der Waals surface area contributed by atoms with Gasteiger partial charge in [-0.2, -0.15) is 0 Å². The minimum absolute atomic E-state index is 0.101. The molecule has 5 atom stereocenters. The number of aliphatic hydroxyl groups excluding tert-OH is 1. The Hall–Kier alpha value is -2.97. The third-order valence-electron chi connectivity index (χ3n) is 5.58. The second-order valence-electron chi connectivity index (χ2n) is 8.57. The fraction of sp³-hybridized carbons (Fsp3) is 0.762. The van der Waals surface area contributed by atoms with Gasteiger partial charge < -0.3 is 48.7 Å². The van der Waals surface area contributed by atoms with E-state index in [0.29, 0.717) is 38.8 Å². The van der Waals surface area contributed by atoms with Crippen LogP contribution >= 0.6 is 0 Å². The van der Waals surface area contributed by atoms with Gasteiger partial charge in [0.15, 0.2) is 5.96 Å². The Bertz CT molecular complexity index is 737. The van der Waals surface area contributed by atoms with E-state index in [4.69, 9.17) is 17.2 Å². The minimum Gasteiger partial charge on any atom is -0.480 e. The number of carbonyl (C=O) groups excluding carboxylic acids is 3. The third-order valence-corrected chi connectivity index (χ3v) is 5.58. The van der Waals surface area contributed by atoms with Gasteiger partial charge in [0, 0.05) is 6.54 Å². The second-order valence-corrected chi connectivity index (χ2v) is 8.57. The molecule has 0 aromatic carbocycles. The minimum atomic E-state index is -1.43. The van der Waals surface area contributed by atoms with E-state index in [0.717, 1.165) is 6.42 Å². The Balaban J connectivity index is 2.88. The first-order valence-corrected chi connectivity index (χ1v) is 11.9. The fourth-order valence-electron chi connectivity index (χ4n) is 3.62. The maximum Gasteiger partial charge on any atom is 0.326 e. The molecule has 1 heterocycles. The number of aliphatic hydroxyl groups is 1. The van der Waals surface area contributed by atoms with Crippen molar-refractivity contribution in [2.75, 3.05) is 19.6 Å². The van der Waals surface area contributed by atoms with E-state index in [1.165, 1.54) is 6.92 Å². The van der Waals surface area contributed by atoms with Crippen LogP contribution in [0.2, 0.25) is 0 Å². The normalized spacial score (nSPS) is 18.5. The number of aliphatic carboxylic acids is 1. The van der Waals surface area contributed by atoms with Gasteiger partial charge in [-0.05, 0) is 65.0 Å². The highest BCUT2D eigenvalue weighted by molar-refractivity contribution is 5.94. The molecule has 0 aromatic rings. The predicted molar refractivity (Wildman–Crippen MR) is 129 cm³/mol. The monoisotopic (exact) mass is 500 g/mol. The summed E-state index contributed by atoms with van der Waals surface area (Å²) in [5.41, 5.74) is 16.1. The van der Waals surface area contributed by atoms with Gasteiger partial charge >= 0.3 is 5.97 Å². The van der Waals surface area contributed by atoms with Crippen LogP contribution in [0.3, 0.4) is 0 Å². The molecule has 14 heteroatoms. The number of nitrogens with zero attached hydrogens (tertiary/aromatic N) is 1. The van der Waals surface area contributed by atoms with Crippen LogP contribution in [0.4, 0.5) is 0 Å². The molecule has 0 aliphatic carbocycles. The predicted octanol–water partition coefficient (Wildman–Crippen LogP) is -3.16. The lowest BCUT2D eigenvalue weighted by Gasteiger charge is -2.26. The molecule has 3 amide bonds. The Morgan fingerprint density at radius 1 is 1.03 bits per heavy atom. The summed E-state index contributed by atoms with van der Waals surface area (Å²) >= 11 is 0. The zero-order chi connectivity index (χ0) is 26.4. The van der Waals surface area contributed by atoms with Crippen molar-refractivity contribution in [2.24, 2.45) is 22.2 Å². The molecular weight excluding hydrogens is 460 g/mol. The summed E-state index contributed by atoms with van der Waals surface area (Å²) < 4.78 is 0. The Labute approximate surface area is 204 Å². The van der Waals surface area contributed by atoms with Gasteiger partial charge in [-0.15, -0.1) is 0 Å². The smallest absolute Gasteiger partial charge is 0.326 e. The molecule has 0 bridgehead atoms. The van der Waals surface area contributed by atoms with Crippen molar-refractivity contribution in [3.63, 3.8) is 0 Å². The van der Waals surface area contributed by atoms with Crippen LogP contribution in [-0.4, -0.2) is 89.8 Å². The highest BCUT2D eigenvalue weighted by Crippen LogP contribution is 2.08. The van der Waals surface area contributed by atoms with Crippen molar-refractivity contribution >= 4 is 29.7 Å². The average Bonchev–Trinajstić information content (AvgIpc) is 3.33. The molecule has 0 radical (unpaired) electrons. The maximum absolute atomic E-state index is 13.0. The number of rotatable bonds is 16. The molecular formula is C21H40N8O6. The third kappa shape index (κ3) is 11.3. The van der Waals surface area contributed by atoms with E-state index in [2.05, 4.69) is 26.3 Å². The van der Waals surface area contributed by atoms with Crippen molar-refractivity contribution in [3.8, 4) is 0 Å². The average molecular weight is 501 g/mol. The number of carboxylic acid groups (broad SMARTS) is 1. The van der Waals surface area contributed by atoms with E-state index < -0.39 is 48.1 Å². The van der Waals surface area contributed by atoms with Gasteiger partial charge in [-0.3, -0.25) is 19.4 Å². The molecule has 200 valence electrons. The van der Waals surface area contributed by atoms with Crippen LogP contribution < -0.4 is 38.5 Å². The highest BCUT2D eigenvalue weighted by atomic mass is 16.4. The number of aliphatic imine (C=N–C) groups is 1. The summed E-state index contributed by atoms with van der Waals surface area (Å²) in [5, 5.41) is 30.0. The lowest BCUT2D eigenvalue weighted by Crippen LogP contribution is -2.59. The topological polar surface area (TPSA) is 247 Å². The number of hydrogen-bond donors (Lipinski definition) is 9. The van der Waals surface area contributed by atoms with Gasteiger partial charge in [0.2, 0.25) is 17.7 Å². The first-order valence-electron chi connectivity index (χ1n) is 11.9. The lowest BCUT2D eigenvalue weighted by atomic mass is 10.1. The first kappa shape index (κ1) is 30.1. The molecule has 0 aromatic heterocycles. The number of carboxylic acids is 1. The zero-order valence-electron chi connectivity index (χ0n) is 20.2. The van der Waals surface area contributed by atoms with Crippen LogP contribution in [0.5, 0.6) is 0 Å². The van der Waals surface area contributed by atoms with Gasteiger partial charge in [-0.1, -0.05) is 0 Å². The van der Waals surface area contributed by atoms with E-state index in [-0.39, 0.29) is 31.3 Å². The first-order chi connectivity index (χ1) is 16.6. The summed E-state index contributed by atoms with van der Waals surface area (Å²) in [7, 11) is 0. The van der Waals surface area contributed by atoms with Crippen LogP contribution in [-0.2, 0) is 19.2 Å². The molecule has 5 unspecified atom stereocenters. The van der Waals surface area contributed by atoms with Gasteiger partial charge in [0.1, 0.15) is 18.1 Å². The molecule has 35 heavy (non-hydrogen) atoms. The van der Waals surface area contributed by atoms with Gasteiger partial charge in [-0.25, -0.2) is 4.79 Å². The summed E-state index contributed by atoms with van der Waals surface area (Å²) in [4.78, 5) is 53.7. The number of carbonyl (C=O) groups is 4. The quantitative estimate of drug-likeness (QED) is 0.0584. The van der Waals surface area contributed by atoms with Gasteiger partial charge in [0.05, 0.1) is 12.1 Å². The zero-order valence-corrected chi connectivity index (χ0v) is 20.2. The number of amides is 3. The molecule has 14 nitrogen and oxygen atoms in total. The summed E-state index contributed by atoms with van der Waals surface area (Å²) in [5.74, 6) is -3.24.